The summed E-state index contributed by atoms with van der Waals surface area (Å²) in [5, 5.41) is 9.71. The zero-order valence-electron chi connectivity index (χ0n) is 11.6. The van der Waals surface area contributed by atoms with Crippen LogP contribution >= 0.6 is 0 Å². The van der Waals surface area contributed by atoms with Gasteiger partial charge in [-0.05, 0) is 6.92 Å². The Labute approximate surface area is 115 Å². The molecule has 1 aliphatic heterocycles. The van der Waals surface area contributed by atoms with Crippen LogP contribution in [-0.2, 0) is 4.74 Å². The lowest BCUT2D eigenvalue weighted by molar-refractivity contribution is 0.0339. The van der Waals surface area contributed by atoms with Crippen LogP contribution < -0.4 is 15.9 Å². The molecule has 0 saturated carbocycles. The summed E-state index contributed by atoms with van der Waals surface area (Å²) in [6.07, 6.45) is 0.147. The molecule has 0 spiro atoms. The molecule has 1 saturated heterocycles. The average molecular weight is 278 g/mol. The number of aryl methyl sites for hydroxylation is 1. The SMILES string of the molecule is Cc1nc(N(C)CC2CNCCO2)cc2n[nH]c(=O)n12. The molecule has 0 amide bonds. The number of aromatic nitrogens is 4. The third-order valence-corrected chi connectivity index (χ3v) is 3.43. The van der Waals surface area contributed by atoms with E-state index in [-0.39, 0.29) is 11.8 Å². The van der Waals surface area contributed by atoms with Crippen molar-refractivity contribution in [2.45, 2.75) is 13.0 Å². The van der Waals surface area contributed by atoms with Crippen molar-refractivity contribution in [2.24, 2.45) is 0 Å². The van der Waals surface area contributed by atoms with E-state index >= 15 is 0 Å². The molecule has 0 bridgehead atoms. The van der Waals surface area contributed by atoms with Crippen LogP contribution in [0.15, 0.2) is 10.9 Å². The summed E-state index contributed by atoms with van der Waals surface area (Å²) >= 11 is 0. The number of fused-ring (bicyclic) bond motifs is 1. The molecule has 8 heteroatoms. The molecule has 3 heterocycles. The molecule has 3 rings (SSSR count). The Kier molecular flexibility index (Phi) is 3.41. The van der Waals surface area contributed by atoms with Crippen molar-refractivity contribution < 1.29 is 4.74 Å². The second kappa shape index (κ2) is 5.22. The Morgan fingerprint density at radius 1 is 1.60 bits per heavy atom. The minimum Gasteiger partial charge on any atom is -0.374 e. The van der Waals surface area contributed by atoms with E-state index in [0.29, 0.717) is 11.5 Å². The van der Waals surface area contributed by atoms with Crippen molar-refractivity contribution in [3.05, 3.63) is 22.4 Å². The first-order chi connectivity index (χ1) is 9.65. The summed E-state index contributed by atoms with van der Waals surface area (Å²) in [4.78, 5) is 18.0. The van der Waals surface area contributed by atoms with Gasteiger partial charge in [0.25, 0.3) is 0 Å². The van der Waals surface area contributed by atoms with E-state index in [0.717, 1.165) is 32.1 Å². The number of likely N-dealkylation sites (N-methyl/N-ethyl adjacent to an activating group) is 1. The van der Waals surface area contributed by atoms with Crippen LogP contribution in [0.1, 0.15) is 5.82 Å². The second-order valence-electron chi connectivity index (χ2n) is 4.96. The Balaban J connectivity index is 1.83. The summed E-state index contributed by atoms with van der Waals surface area (Å²) in [6.45, 7) is 5.01. The topological polar surface area (TPSA) is 87.5 Å². The minimum absolute atomic E-state index is 0.147. The third kappa shape index (κ3) is 2.39. The van der Waals surface area contributed by atoms with Crippen LogP contribution in [0.4, 0.5) is 5.82 Å². The molecular weight excluding hydrogens is 260 g/mol. The van der Waals surface area contributed by atoms with Crippen LogP contribution in [0.2, 0.25) is 0 Å². The van der Waals surface area contributed by atoms with Gasteiger partial charge in [0.05, 0.1) is 12.7 Å². The maximum atomic E-state index is 11.6. The number of nitrogens with zero attached hydrogens (tertiary/aromatic N) is 4. The van der Waals surface area contributed by atoms with Gasteiger partial charge >= 0.3 is 5.69 Å². The lowest BCUT2D eigenvalue weighted by Gasteiger charge is -2.28. The molecule has 8 nitrogen and oxygen atoms in total. The van der Waals surface area contributed by atoms with E-state index in [9.17, 15) is 4.79 Å². The highest BCUT2D eigenvalue weighted by molar-refractivity contribution is 5.51. The number of rotatable bonds is 3. The fraction of sp³-hybridized carbons (Fsp3) is 0.583. The Morgan fingerprint density at radius 2 is 2.45 bits per heavy atom. The van der Waals surface area contributed by atoms with E-state index in [2.05, 4.69) is 20.5 Å². The molecule has 1 unspecified atom stereocenters. The van der Waals surface area contributed by atoms with Crippen molar-refractivity contribution in [3.8, 4) is 0 Å². The minimum atomic E-state index is -0.265. The van der Waals surface area contributed by atoms with Crippen LogP contribution in [0, 0.1) is 6.92 Å². The summed E-state index contributed by atoms with van der Waals surface area (Å²) in [7, 11) is 1.96. The maximum absolute atomic E-state index is 11.6. The number of ether oxygens (including phenoxy) is 1. The predicted octanol–water partition coefficient (Wildman–Crippen LogP) is -0.849. The zero-order valence-corrected chi connectivity index (χ0v) is 11.6. The van der Waals surface area contributed by atoms with E-state index in [1.807, 2.05) is 11.9 Å². The molecule has 108 valence electrons. The van der Waals surface area contributed by atoms with Gasteiger partial charge in [0.2, 0.25) is 0 Å². The van der Waals surface area contributed by atoms with Crippen molar-refractivity contribution in [2.75, 3.05) is 38.2 Å². The molecule has 2 N–H and O–H groups in total. The molecule has 20 heavy (non-hydrogen) atoms. The van der Waals surface area contributed by atoms with Crippen molar-refractivity contribution in [1.82, 2.24) is 24.9 Å². The first-order valence-electron chi connectivity index (χ1n) is 6.63. The quantitative estimate of drug-likeness (QED) is 0.760. The van der Waals surface area contributed by atoms with Crippen LogP contribution in [0.5, 0.6) is 0 Å². The van der Waals surface area contributed by atoms with E-state index in [4.69, 9.17) is 4.74 Å². The van der Waals surface area contributed by atoms with Gasteiger partial charge in [-0.25, -0.2) is 19.3 Å². The number of morpholine rings is 1. The van der Waals surface area contributed by atoms with Gasteiger partial charge in [0, 0.05) is 32.7 Å². The van der Waals surface area contributed by atoms with Gasteiger partial charge in [-0.2, -0.15) is 5.10 Å². The van der Waals surface area contributed by atoms with E-state index in [1.54, 1.807) is 13.0 Å². The number of anilines is 1. The van der Waals surface area contributed by atoms with Crippen LogP contribution in [0.25, 0.3) is 5.65 Å². The number of hydrogen-bond acceptors (Lipinski definition) is 6. The lowest BCUT2D eigenvalue weighted by Crippen LogP contribution is -2.44. The number of aromatic amines is 1. The normalized spacial score (nSPS) is 19.4. The molecule has 0 aromatic carbocycles. The Hall–Kier alpha value is -1.93. The largest absolute Gasteiger partial charge is 0.374 e. The van der Waals surface area contributed by atoms with Crippen molar-refractivity contribution >= 4 is 11.5 Å². The summed E-state index contributed by atoms with van der Waals surface area (Å²) in [6, 6.07) is 1.79. The monoisotopic (exact) mass is 278 g/mol. The van der Waals surface area contributed by atoms with Crippen LogP contribution in [0.3, 0.4) is 0 Å². The Bertz CT molecular complexity index is 658. The molecular formula is C12H18N6O2. The standard InChI is InChI=1S/C12H18N6O2/c1-8-14-10(5-11-15-16-12(19)18(8)11)17(2)7-9-6-13-3-4-20-9/h5,9,13H,3-4,6-7H2,1-2H3,(H,16,19). The van der Waals surface area contributed by atoms with E-state index in [1.165, 1.54) is 4.40 Å². The summed E-state index contributed by atoms with van der Waals surface area (Å²) < 4.78 is 7.14. The highest BCUT2D eigenvalue weighted by Crippen LogP contribution is 2.13. The van der Waals surface area contributed by atoms with Gasteiger partial charge in [0.1, 0.15) is 11.6 Å². The summed E-state index contributed by atoms with van der Waals surface area (Å²) in [5.74, 6) is 1.40. The fourth-order valence-electron chi connectivity index (χ4n) is 2.41. The zero-order chi connectivity index (χ0) is 14.1. The first-order valence-corrected chi connectivity index (χ1v) is 6.63. The lowest BCUT2D eigenvalue weighted by atomic mass is 10.3. The molecule has 2 aromatic heterocycles. The second-order valence-corrected chi connectivity index (χ2v) is 4.96. The van der Waals surface area contributed by atoms with Crippen molar-refractivity contribution in [1.29, 1.82) is 0 Å². The van der Waals surface area contributed by atoms with Gasteiger partial charge in [-0.15, -0.1) is 0 Å². The fourth-order valence-corrected chi connectivity index (χ4v) is 2.41. The predicted molar refractivity (Wildman–Crippen MR) is 74.2 cm³/mol. The van der Waals surface area contributed by atoms with Gasteiger partial charge in [-0.3, -0.25) is 0 Å². The van der Waals surface area contributed by atoms with Gasteiger partial charge in [0.15, 0.2) is 5.65 Å². The number of H-pyrrole nitrogens is 1. The van der Waals surface area contributed by atoms with E-state index < -0.39 is 0 Å². The molecule has 1 aliphatic rings. The Morgan fingerprint density at radius 3 is 3.20 bits per heavy atom. The molecule has 1 fully saturated rings. The van der Waals surface area contributed by atoms with Crippen LogP contribution in [-0.4, -0.2) is 59.0 Å². The molecule has 2 aromatic rings. The third-order valence-electron chi connectivity index (χ3n) is 3.43. The first kappa shape index (κ1) is 13.1. The number of nitrogens with one attached hydrogen (secondary N) is 2. The average Bonchev–Trinajstić information content (AvgIpc) is 2.82. The molecule has 0 radical (unpaired) electrons. The highest BCUT2D eigenvalue weighted by atomic mass is 16.5. The summed E-state index contributed by atoms with van der Waals surface area (Å²) in [5.41, 5.74) is 0.311. The smallest absolute Gasteiger partial charge is 0.349 e. The van der Waals surface area contributed by atoms with Gasteiger partial charge < -0.3 is 15.0 Å². The molecule has 0 aliphatic carbocycles. The number of hydrogen-bond donors (Lipinski definition) is 2. The van der Waals surface area contributed by atoms with Crippen molar-refractivity contribution in [3.63, 3.8) is 0 Å². The highest BCUT2D eigenvalue weighted by Gasteiger charge is 2.17. The maximum Gasteiger partial charge on any atom is 0.349 e. The van der Waals surface area contributed by atoms with Gasteiger partial charge in [-0.1, -0.05) is 0 Å². The molecule has 1 atom stereocenters.